The molecule has 80 valence electrons. The van der Waals surface area contributed by atoms with E-state index in [0.29, 0.717) is 0 Å². The summed E-state index contributed by atoms with van der Waals surface area (Å²) in [7, 11) is 0. The number of hydrogen-bond acceptors (Lipinski definition) is 1. The molecule has 0 aromatic heterocycles. The second-order valence-corrected chi connectivity index (χ2v) is 5.16. The second kappa shape index (κ2) is 7.64. The summed E-state index contributed by atoms with van der Waals surface area (Å²) in [5.74, 6) is 0. The molecule has 0 radical (unpaired) electrons. The third kappa shape index (κ3) is 12.2. The van der Waals surface area contributed by atoms with Gasteiger partial charge in [0.2, 0.25) is 0 Å². The average molecular weight is 207 g/mol. The van der Waals surface area contributed by atoms with Crippen molar-refractivity contribution in [3.63, 3.8) is 0 Å². The molecule has 0 aromatic carbocycles. The lowest BCUT2D eigenvalue weighted by atomic mass is 10.1. The Labute approximate surface area is 87.8 Å². The van der Waals surface area contributed by atoms with Crippen LogP contribution in [0.4, 0.5) is 0 Å². The molecule has 1 fully saturated rings. The SMILES string of the molecule is C1CCOC1.CCCCC(C)(C)Cl. The van der Waals surface area contributed by atoms with Gasteiger partial charge >= 0.3 is 0 Å². The van der Waals surface area contributed by atoms with E-state index in [1.54, 1.807) is 0 Å². The van der Waals surface area contributed by atoms with Gasteiger partial charge in [0, 0.05) is 18.1 Å². The van der Waals surface area contributed by atoms with Gasteiger partial charge < -0.3 is 4.74 Å². The van der Waals surface area contributed by atoms with Crippen molar-refractivity contribution in [2.24, 2.45) is 0 Å². The average Bonchev–Trinajstić information content (AvgIpc) is 2.56. The minimum Gasteiger partial charge on any atom is -0.381 e. The molecule has 0 aliphatic carbocycles. The second-order valence-electron chi connectivity index (χ2n) is 4.14. The van der Waals surface area contributed by atoms with Crippen LogP contribution in [0.3, 0.4) is 0 Å². The fourth-order valence-corrected chi connectivity index (χ4v) is 1.24. The molecule has 1 rings (SSSR count). The van der Waals surface area contributed by atoms with E-state index in [4.69, 9.17) is 16.3 Å². The molecule has 0 unspecified atom stereocenters. The van der Waals surface area contributed by atoms with Gasteiger partial charge in [0.05, 0.1) is 0 Å². The number of hydrogen-bond donors (Lipinski definition) is 0. The van der Waals surface area contributed by atoms with Crippen LogP contribution in [0.15, 0.2) is 0 Å². The van der Waals surface area contributed by atoms with Crippen molar-refractivity contribution in [3.8, 4) is 0 Å². The zero-order valence-corrected chi connectivity index (χ0v) is 9.99. The highest BCUT2D eigenvalue weighted by molar-refractivity contribution is 6.23. The van der Waals surface area contributed by atoms with Crippen molar-refractivity contribution < 1.29 is 4.74 Å². The molecular weight excluding hydrogens is 184 g/mol. The van der Waals surface area contributed by atoms with Crippen molar-refractivity contribution in [1.82, 2.24) is 0 Å². The van der Waals surface area contributed by atoms with Crippen molar-refractivity contribution in [2.75, 3.05) is 13.2 Å². The Morgan fingerprint density at radius 3 is 1.92 bits per heavy atom. The van der Waals surface area contributed by atoms with Crippen LogP contribution in [-0.4, -0.2) is 18.1 Å². The van der Waals surface area contributed by atoms with Gasteiger partial charge in [-0.2, -0.15) is 0 Å². The minimum absolute atomic E-state index is 0.0238. The molecule has 0 amide bonds. The summed E-state index contributed by atoms with van der Waals surface area (Å²) < 4.78 is 4.94. The summed E-state index contributed by atoms with van der Waals surface area (Å²) in [6, 6.07) is 0. The first-order chi connectivity index (χ1) is 6.06. The summed E-state index contributed by atoms with van der Waals surface area (Å²) in [6.45, 7) is 8.30. The molecule has 1 heterocycles. The van der Waals surface area contributed by atoms with Crippen LogP contribution in [0.5, 0.6) is 0 Å². The Kier molecular flexibility index (Phi) is 7.78. The summed E-state index contributed by atoms with van der Waals surface area (Å²) in [5, 5.41) is 0. The number of halogens is 1. The smallest absolute Gasteiger partial charge is 0.0466 e. The van der Waals surface area contributed by atoms with Gasteiger partial charge in [-0.25, -0.2) is 0 Å². The monoisotopic (exact) mass is 206 g/mol. The van der Waals surface area contributed by atoms with E-state index in [-0.39, 0.29) is 4.87 Å². The maximum atomic E-state index is 5.91. The minimum atomic E-state index is 0.0238. The molecule has 0 N–H and O–H groups in total. The number of alkyl halides is 1. The van der Waals surface area contributed by atoms with Gasteiger partial charge in [0.1, 0.15) is 0 Å². The topological polar surface area (TPSA) is 9.23 Å². The maximum Gasteiger partial charge on any atom is 0.0466 e. The predicted molar refractivity (Wildman–Crippen MR) is 59.5 cm³/mol. The maximum absolute atomic E-state index is 5.91. The first kappa shape index (κ1) is 13.2. The van der Waals surface area contributed by atoms with E-state index in [2.05, 4.69) is 20.8 Å². The largest absolute Gasteiger partial charge is 0.381 e. The molecule has 13 heavy (non-hydrogen) atoms. The van der Waals surface area contributed by atoms with Gasteiger partial charge in [-0.05, 0) is 33.1 Å². The molecule has 0 atom stereocenters. The van der Waals surface area contributed by atoms with E-state index in [1.807, 2.05) is 0 Å². The van der Waals surface area contributed by atoms with Crippen molar-refractivity contribution in [3.05, 3.63) is 0 Å². The predicted octanol–water partition coefficient (Wildman–Crippen LogP) is 3.99. The van der Waals surface area contributed by atoms with Crippen LogP contribution in [0.25, 0.3) is 0 Å². The third-order valence-corrected chi connectivity index (χ3v) is 2.14. The van der Waals surface area contributed by atoms with E-state index in [9.17, 15) is 0 Å². The summed E-state index contributed by atoms with van der Waals surface area (Å²) >= 11 is 5.91. The zero-order chi connectivity index (χ0) is 10.2. The van der Waals surface area contributed by atoms with Gasteiger partial charge in [-0.3, -0.25) is 0 Å². The molecule has 1 aliphatic rings. The molecule has 1 aliphatic heterocycles. The van der Waals surface area contributed by atoms with Gasteiger partial charge in [-0.1, -0.05) is 19.8 Å². The van der Waals surface area contributed by atoms with Crippen LogP contribution in [0.1, 0.15) is 52.9 Å². The van der Waals surface area contributed by atoms with Crippen LogP contribution < -0.4 is 0 Å². The van der Waals surface area contributed by atoms with Gasteiger partial charge in [0.25, 0.3) is 0 Å². The van der Waals surface area contributed by atoms with Crippen LogP contribution >= 0.6 is 11.6 Å². The fraction of sp³-hybridized carbons (Fsp3) is 1.00. The molecule has 0 bridgehead atoms. The highest BCUT2D eigenvalue weighted by Crippen LogP contribution is 2.19. The third-order valence-electron chi connectivity index (χ3n) is 1.95. The number of rotatable bonds is 3. The van der Waals surface area contributed by atoms with Crippen molar-refractivity contribution in [2.45, 2.75) is 57.7 Å². The van der Waals surface area contributed by atoms with E-state index >= 15 is 0 Å². The molecule has 1 saturated heterocycles. The molecular formula is C11H23ClO. The van der Waals surface area contributed by atoms with Crippen LogP contribution in [0.2, 0.25) is 0 Å². The van der Waals surface area contributed by atoms with Crippen LogP contribution in [-0.2, 0) is 4.74 Å². The van der Waals surface area contributed by atoms with Crippen LogP contribution in [0, 0.1) is 0 Å². The van der Waals surface area contributed by atoms with Crippen molar-refractivity contribution in [1.29, 1.82) is 0 Å². The first-order valence-corrected chi connectivity index (χ1v) is 5.70. The van der Waals surface area contributed by atoms with Gasteiger partial charge in [0.15, 0.2) is 0 Å². The summed E-state index contributed by atoms with van der Waals surface area (Å²) in [4.78, 5) is 0.0238. The lowest BCUT2D eigenvalue weighted by Crippen LogP contribution is -2.08. The summed E-state index contributed by atoms with van der Waals surface area (Å²) in [6.07, 6.45) is 6.18. The number of unbranched alkanes of at least 4 members (excludes halogenated alkanes) is 1. The molecule has 0 spiro atoms. The van der Waals surface area contributed by atoms with E-state index in [1.165, 1.54) is 25.7 Å². The summed E-state index contributed by atoms with van der Waals surface area (Å²) in [5.41, 5.74) is 0. The van der Waals surface area contributed by atoms with Gasteiger partial charge in [-0.15, -0.1) is 11.6 Å². The molecule has 0 aromatic rings. The van der Waals surface area contributed by atoms with E-state index in [0.717, 1.165) is 19.6 Å². The lowest BCUT2D eigenvalue weighted by molar-refractivity contribution is 0.198. The Hall–Kier alpha value is 0.250. The molecule has 2 heteroatoms. The zero-order valence-electron chi connectivity index (χ0n) is 9.24. The Bertz CT molecular complexity index is 95.5. The highest BCUT2D eigenvalue weighted by atomic mass is 35.5. The Morgan fingerprint density at radius 1 is 1.23 bits per heavy atom. The Balaban J connectivity index is 0.000000243. The highest BCUT2D eigenvalue weighted by Gasteiger charge is 2.10. The van der Waals surface area contributed by atoms with E-state index < -0.39 is 0 Å². The Morgan fingerprint density at radius 2 is 1.77 bits per heavy atom. The molecule has 0 saturated carbocycles. The standard InChI is InChI=1S/C7H15Cl.C4H8O/c1-4-5-6-7(2,3)8;1-2-4-5-3-1/h4-6H2,1-3H3;1-4H2. The normalized spacial score (nSPS) is 16.6. The quantitative estimate of drug-likeness (QED) is 0.635. The fourth-order valence-electron chi connectivity index (χ4n) is 1.11. The van der Waals surface area contributed by atoms with Crippen molar-refractivity contribution >= 4 is 11.6 Å². The number of ether oxygens (including phenoxy) is 1. The molecule has 1 nitrogen and oxygen atoms in total. The first-order valence-electron chi connectivity index (χ1n) is 5.33. The lowest BCUT2D eigenvalue weighted by Gasteiger charge is -2.13.